The zero-order valence-electron chi connectivity index (χ0n) is 7.22. The molecule has 0 aliphatic rings. The highest BCUT2D eigenvalue weighted by Crippen LogP contribution is 2.52. The van der Waals surface area contributed by atoms with Crippen molar-refractivity contribution in [3.05, 3.63) is 0 Å². The standard InChI is InChI=1S/C5HF9NO2/c6-2(7,4(10,11)12)3(8,9)5(13,14)15-1(16)17/h15H. The molecular formula is C5HF9NO2. The molecule has 101 valence electrons. The highest BCUT2D eigenvalue weighted by Gasteiger charge is 2.82. The van der Waals surface area contributed by atoms with E-state index in [0.29, 0.717) is 0 Å². The number of carbonyl (C=O) groups is 1. The molecule has 1 N–H and O–H groups in total. The fraction of sp³-hybridized carbons (Fsp3) is 0.800. The first-order valence-electron chi connectivity index (χ1n) is 3.36. The summed E-state index contributed by atoms with van der Waals surface area (Å²) >= 11 is 0. The van der Waals surface area contributed by atoms with E-state index in [4.69, 9.17) is 0 Å². The van der Waals surface area contributed by atoms with Gasteiger partial charge >= 0.3 is 30.2 Å². The highest BCUT2D eigenvalue weighted by atomic mass is 19.4. The zero-order valence-corrected chi connectivity index (χ0v) is 7.22. The Labute approximate surface area is 86.2 Å². The average Bonchev–Trinajstić information content (AvgIpc) is 1.98. The molecule has 0 atom stereocenters. The van der Waals surface area contributed by atoms with Crippen molar-refractivity contribution < 1.29 is 49.4 Å². The van der Waals surface area contributed by atoms with Gasteiger partial charge in [0.25, 0.3) is 0 Å². The molecule has 1 amide bonds. The molecule has 0 heterocycles. The monoisotopic (exact) mass is 278 g/mol. The Kier molecular flexibility index (Phi) is 3.53. The van der Waals surface area contributed by atoms with Gasteiger partial charge in [-0.3, -0.25) is 5.32 Å². The molecule has 3 nitrogen and oxygen atoms in total. The predicted molar refractivity (Wildman–Crippen MR) is 30.1 cm³/mol. The van der Waals surface area contributed by atoms with E-state index in [2.05, 4.69) is 0 Å². The van der Waals surface area contributed by atoms with E-state index in [0.717, 1.165) is 0 Å². The molecule has 17 heavy (non-hydrogen) atoms. The number of rotatable bonds is 3. The molecule has 0 aromatic carbocycles. The molecule has 0 aromatic heterocycles. The van der Waals surface area contributed by atoms with E-state index < -0.39 is 35.5 Å². The van der Waals surface area contributed by atoms with Crippen LogP contribution in [0.5, 0.6) is 0 Å². The summed E-state index contributed by atoms with van der Waals surface area (Å²) in [5.74, 6) is -14.1. The first-order valence-corrected chi connectivity index (χ1v) is 3.36. The van der Waals surface area contributed by atoms with Crippen LogP contribution >= 0.6 is 0 Å². The molecule has 0 saturated carbocycles. The molecule has 0 rings (SSSR count). The van der Waals surface area contributed by atoms with E-state index in [-0.39, 0.29) is 0 Å². The van der Waals surface area contributed by atoms with Crippen molar-refractivity contribution >= 4 is 6.09 Å². The molecular weight excluding hydrogens is 277 g/mol. The van der Waals surface area contributed by atoms with Crippen molar-refractivity contribution in [2.75, 3.05) is 0 Å². The van der Waals surface area contributed by atoms with Gasteiger partial charge in [0.15, 0.2) is 0 Å². The first-order chi connectivity index (χ1) is 7.17. The van der Waals surface area contributed by atoms with Gasteiger partial charge in [-0.1, -0.05) is 0 Å². The summed E-state index contributed by atoms with van der Waals surface area (Å²) in [5.41, 5.74) is 0. The fourth-order valence-corrected chi connectivity index (χ4v) is 0.582. The van der Waals surface area contributed by atoms with E-state index in [1.807, 2.05) is 0 Å². The summed E-state index contributed by atoms with van der Waals surface area (Å²) in [4.78, 5) is 9.48. The second-order valence-corrected chi connectivity index (χ2v) is 2.63. The normalized spacial score (nSPS) is 14.6. The van der Waals surface area contributed by atoms with E-state index >= 15 is 0 Å². The third kappa shape index (κ3) is 2.49. The first kappa shape index (κ1) is 15.6. The van der Waals surface area contributed by atoms with Gasteiger partial charge in [-0.2, -0.15) is 39.5 Å². The van der Waals surface area contributed by atoms with Crippen molar-refractivity contribution in [3.8, 4) is 0 Å². The molecule has 0 fully saturated rings. The second kappa shape index (κ2) is 3.84. The Balaban J connectivity index is 5.47. The van der Waals surface area contributed by atoms with E-state index in [9.17, 15) is 49.4 Å². The van der Waals surface area contributed by atoms with Gasteiger partial charge in [-0.15, -0.1) is 0 Å². The largest absolute Gasteiger partial charge is 0.460 e. The van der Waals surface area contributed by atoms with Crippen molar-refractivity contribution in [3.63, 3.8) is 0 Å². The maximum atomic E-state index is 12.3. The van der Waals surface area contributed by atoms with Gasteiger partial charge in [-0.05, 0) is 0 Å². The molecule has 1 radical (unpaired) electrons. The minimum Gasteiger partial charge on any atom is -0.254 e. The van der Waals surface area contributed by atoms with Gasteiger partial charge in [0.2, 0.25) is 0 Å². The van der Waals surface area contributed by atoms with Crippen LogP contribution in [-0.2, 0) is 5.11 Å². The van der Waals surface area contributed by atoms with E-state index in [1.165, 1.54) is 0 Å². The van der Waals surface area contributed by atoms with E-state index in [1.54, 1.807) is 0 Å². The smallest absolute Gasteiger partial charge is 0.254 e. The lowest BCUT2D eigenvalue weighted by molar-refractivity contribution is -0.399. The lowest BCUT2D eigenvalue weighted by Crippen LogP contribution is -2.66. The molecule has 0 unspecified atom stereocenters. The summed E-state index contributed by atoms with van der Waals surface area (Å²) in [7, 11) is 0. The number of amides is 1. The minimum atomic E-state index is -7.13. The Hall–Kier alpha value is -1.36. The van der Waals surface area contributed by atoms with Crippen molar-refractivity contribution in [1.82, 2.24) is 5.32 Å². The molecule has 0 saturated heterocycles. The molecule has 0 bridgehead atoms. The van der Waals surface area contributed by atoms with Crippen molar-refractivity contribution in [2.24, 2.45) is 0 Å². The van der Waals surface area contributed by atoms with Crippen LogP contribution in [0.4, 0.5) is 44.3 Å². The van der Waals surface area contributed by atoms with Crippen LogP contribution in [0, 0.1) is 0 Å². The molecule has 12 heteroatoms. The van der Waals surface area contributed by atoms with Crippen LogP contribution in [0.3, 0.4) is 0 Å². The maximum Gasteiger partial charge on any atom is 0.460 e. The van der Waals surface area contributed by atoms with Gasteiger partial charge in [0.05, 0.1) is 0 Å². The average molecular weight is 278 g/mol. The third-order valence-electron chi connectivity index (χ3n) is 1.40. The van der Waals surface area contributed by atoms with Gasteiger partial charge < -0.3 is 0 Å². The summed E-state index contributed by atoms with van der Waals surface area (Å²) < 4.78 is 107. The van der Waals surface area contributed by atoms with Crippen LogP contribution in [0.15, 0.2) is 0 Å². The van der Waals surface area contributed by atoms with Crippen LogP contribution < -0.4 is 5.32 Å². The number of hydrogen-bond acceptors (Lipinski definition) is 1. The molecule has 0 aromatic rings. The lowest BCUT2D eigenvalue weighted by Gasteiger charge is -2.32. The van der Waals surface area contributed by atoms with Crippen molar-refractivity contribution in [2.45, 2.75) is 24.1 Å². The number of carbonyl (C=O) groups excluding carboxylic acids is 1. The Morgan fingerprint density at radius 1 is 0.765 bits per heavy atom. The lowest BCUT2D eigenvalue weighted by atomic mass is 10.1. The van der Waals surface area contributed by atoms with Gasteiger partial charge in [0.1, 0.15) is 0 Å². The van der Waals surface area contributed by atoms with Crippen LogP contribution in [0.2, 0.25) is 0 Å². The number of nitrogens with one attached hydrogen (secondary N) is 1. The van der Waals surface area contributed by atoms with Crippen LogP contribution in [-0.4, -0.2) is 30.2 Å². The summed E-state index contributed by atoms with van der Waals surface area (Å²) in [5, 5.41) is 8.96. The quantitative estimate of drug-likeness (QED) is 0.626. The Morgan fingerprint density at radius 3 is 1.35 bits per heavy atom. The Bertz CT molecular complexity index is 309. The summed E-state index contributed by atoms with van der Waals surface area (Å²) in [6.07, 6.45) is -10.1. The van der Waals surface area contributed by atoms with Gasteiger partial charge in [-0.25, -0.2) is 9.90 Å². The fourth-order valence-electron chi connectivity index (χ4n) is 0.582. The number of hydrogen-bond donors (Lipinski definition) is 1. The topological polar surface area (TPSA) is 49.0 Å². The molecule has 0 aliphatic carbocycles. The molecule has 0 aliphatic heterocycles. The van der Waals surface area contributed by atoms with Crippen LogP contribution in [0.1, 0.15) is 0 Å². The highest BCUT2D eigenvalue weighted by molar-refractivity contribution is 5.64. The second-order valence-electron chi connectivity index (χ2n) is 2.63. The van der Waals surface area contributed by atoms with Crippen molar-refractivity contribution in [1.29, 1.82) is 0 Å². The summed E-state index contributed by atoms with van der Waals surface area (Å²) in [6.45, 7) is 0. The van der Waals surface area contributed by atoms with Crippen LogP contribution in [0.25, 0.3) is 0 Å². The number of halogens is 9. The summed E-state index contributed by atoms with van der Waals surface area (Å²) in [6, 6.07) is -6.36. The molecule has 0 spiro atoms. The Morgan fingerprint density at radius 2 is 1.12 bits per heavy atom. The zero-order chi connectivity index (χ0) is 14.3. The van der Waals surface area contributed by atoms with Gasteiger partial charge in [0, 0.05) is 0 Å². The third-order valence-corrected chi connectivity index (χ3v) is 1.40. The number of alkyl halides is 9. The predicted octanol–water partition coefficient (Wildman–Crippen LogP) is 2.55. The maximum absolute atomic E-state index is 12.3. The minimum absolute atomic E-state index is 0.520. The SMILES string of the molecule is [O]C(=O)NC(F)(F)C(F)(F)C(F)(F)C(F)(F)F.